The van der Waals surface area contributed by atoms with E-state index in [-0.39, 0.29) is 24.1 Å². The van der Waals surface area contributed by atoms with Gasteiger partial charge in [0, 0.05) is 23.0 Å². The fraction of sp³-hybridized carbons (Fsp3) is 0.179. The molecule has 36 heavy (non-hydrogen) atoms. The first-order chi connectivity index (χ1) is 17.5. The highest BCUT2D eigenvalue weighted by molar-refractivity contribution is 5.98. The maximum absolute atomic E-state index is 13.7. The smallest absolute Gasteiger partial charge is 0.266 e. The van der Waals surface area contributed by atoms with Crippen LogP contribution in [0, 0.1) is 0 Å². The van der Waals surface area contributed by atoms with Crippen LogP contribution in [-0.2, 0) is 16.0 Å². The van der Waals surface area contributed by atoms with Crippen LogP contribution in [0.3, 0.4) is 0 Å². The fourth-order valence-corrected chi connectivity index (χ4v) is 5.24. The molecule has 4 aromatic rings. The quantitative estimate of drug-likeness (QED) is 0.436. The van der Waals surface area contributed by atoms with E-state index in [1.54, 1.807) is 17.0 Å². The topological polar surface area (TPSA) is 98.2 Å². The van der Waals surface area contributed by atoms with Gasteiger partial charge in [0.25, 0.3) is 5.91 Å². The number of phenols is 1. The lowest BCUT2D eigenvalue weighted by Gasteiger charge is -2.45. The molecule has 6 rings (SSSR count). The van der Waals surface area contributed by atoms with Crippen molar-refractivity contribution < 1.29 is 19.4 Å². The summed E-state index contributed by atoms with van der Waals surface area (Å²) in [5.41, 5.74) is 4.57. The molecule has 0 aliphatic carbocycles. The number of carbonyl (C=O) groups is 2. The number of hydrogen-bond donors (Lipinski definition) is 2. The molecule has 1 aromatic heterocycles. The van der Waals surface area contributed by atoms with Crippen molar-refractivity contribution >= 4 is 28.9 Å². The zero-order chi connectivity index (χ0) is 24.8. The minimum atomic E-state index is -0.672. The molecule has 0 saturated carbocycles. The van der Waals surface area contributed by atoms with E-state index < -0.39 is 12.1 Å². The van der Waals surface area contributed by atoms with Gasteiger partial charge in [-0.2, -0.15) is 5.10 Å². The number of methoxy groups -OCH3 is 1. The summed E-state index contributed by atoms with van der Waals surface area (Å²) in [5.74, 6) is -0.0825. The van der Waals surface area contributed by atoms with Crippen LogP contribution >= 0.6 is 0 Å². The molecule has 0 bridgehead atoms. The van der Waals surface area contributed by atoms with Crippen molar-refractivity contribution in [1.29, 1.82) is 0 Å². The average molecular weight is 481 g/mol. The molecule has 2 aliphatic heterocycles. The molecule has 8 heteroatoms. The van der Waals surface area contributed by atoms with Crippen LogP contribution in [0.2, 0.25) is 0 Å². The van der Waals surface area contributed by atoms with Gasteiger partial charge in [0.1, 0.15) is 12.6 Å². The summed E-state index contributed by atoms with van der Waals surface area (Å²) in [7, 11) is 1.46. The monoisotopic (exact) mass is 480 g/mol. The van der Waals surface area contributed by atoms with Crippen molar-refractivity contribution in [3.05, 3.63) is 95.2 Å². The van der Waals surface area contributed by atoms with Gasteiger partial charge in [-0.15, -0.1) is 0 Å². The fourth-order valence-electron chi connectivity index (χ4n) is 5.24. The van der Waals surface area contributed by atoms with Gasteiger partial charge in [-0.25, -0.2) is 5.01 Å². The number of benzene rings is 3. The number of aromatic hydroxyl groups is 1. The third-order valence-electron chi connectivity index (χ3n) is 6.91. The Labute approximate surface area is 207 Å². The number of aromatic nitrogens is 1. The third-order valence-corrected chi connectivity index (χ3v) is 6.91. The van der Waals surface area contributed by atoms with Gasteiger partial charge in [-0.3, -0.25) is 9.59 Å². The van der Waals surface area contributed by atoms with Crippen molar-refractivity contribution in [2.45, 2.75) is 18.5 Å². The van der Waals surface area contributed by atoms with Gasteiger partial charge < -0.3 is 19.7 Å². The highest BCUT2D eigenvalue weighted by Crippen LogP contribution is 2.42. The number of nitrogens with zero attached hydrogens (tertiary/aromatic N) is 3. The van der Waals surface area contributed by atoms with Crippen molar-refractivity contribution in [3.63, 3.8) is 0 Å². The standard InChI is InChI=1S/C28H24N4O4/c1-36-24-13-17(11-12-23(24)33)15-29-31-16-25(34)32-22(28(31)35)14-20-19-9-5-6-10-21(19)30-26(20)27(32)18-7-3-2-4-8-18/h2-13,15,22,27,30,33H,14,16H2,1H3/b29-15+/t22-,27?/m0/s1. The Bertz CT molecular complexity index is 1510. The van der Waals surface area contributed by atoms with Crippen molar-refractivity contribution in [2.75, 3.05) is 13.7 Å². The van der Waals surface area contributed by atoms with Gasteiger partial charge in [0.15, 0.2) is 11.5 Å². The number of carbonyl (C=O) groups excluding carboxylic acids is 2. The number of piperazine rings is 1. The number of fused-ring (bicyclic) bond motifs is 4. The van der Waals surface area contributed by atoms with E-state index in [1.807, 2.05) is 54.6 Å². The summed E-state index contributed by atoms with van der Waals surface area (Å²) < 4.78 is 5.14. The maximum atomic E-state index is 13.7. The predicted molar refractivity (Wildman–Crippen MR) is 135 cm³/mol. The van der Waals surface area contributed by atoms with E-state index in [2.05, 4.69) is 10.1 Å². The number of aromatic amines is 1. The molecule has 2 N–H and O–H groups in total. The lowest BCUT2D eigenvalue weighted by atomic mass is 9.86. The second kappa shape index (κ2) is 8.57. The first-order valence-electron chi connectivity index (χ1n) is 11.7. The third kappa shape index (κ3) is 3.50. The van der Waals surface area contributed by atoms with Gasteiger partial charge in [0.2, 0.25) is 5.91 Å². The van der Waals surface area contributed by atoms with Crippen molar-refractivity contribution in [2.24, 2.45) is 5.10 Å². The zero-order valence-electron chi connectivity index (χ0n) is 19.6. The van der Waals surface area contributed by atoms with E-state index in [0.29, 0.717) is 17.7 Å². The minimum absolute atomic E-state index is 0.0122. The van der Waals surface area contributed by atoms with E-state index in [0.717, 1.165) is 27.7 Å². The first-order valence-corrected chi connectivity index (χ1v) is 11.7. The summed E-state index contributed by atoms with van der Waals surface area (Å²) >= 11 is 0. The second-order valence-corrected chi connectivity index (χ2v) is 8.97. The number of rotatable bonds is 4. The Hall–Kier alpha value is -4.59. The molecule has 1 unspecified atom stereocenters. The Morgan fingerprint density at radius 3 is 2.64 bits per heavy atom. The van der Waals surface area contributed by atoms with Crippen molar-refractivity contribution in [3.8, 4) is 11.5 Å². The highest BCUT2D eigenvalue weighted by atomic mass is 16.5. The number of ether oxygens (including phenoxy) is 1. The van der Waals surface area contributed by atoms with Crippen LogP contribution in [0.25, 0.3) is 10.9 Å². The number of nitrogens with one attached hydrogen (secondary N) is 1. The largest absolute Gasteiger partial charge is 0.504 e. The number of para-hydroxylation sites is 1. The molecule has 2 atom stereocenters. The van der Waals surface area contributed by atoms with Crippen LogP contribution in [0.15, 0.2) is 77.9 Å². The maximum Gasteiger partial charge on any atom is 0.266 e. The molecule has 0 radical (unpaired) electrons. The van der Waals surface area contributed by atoms with Crippen LogP contribution < -0.4 is 4.74 Å². The lowest BCUT2D eigenvalue weighted by Crippen LogP contribution is -2.61. The Morgan fingerprint density at radius 2 is 1.83 bits per heavy atom. The Morgan fingerprint density at radius 1 is 1.06 bits per heavy atom. The lowest BCUT2D eigenvalue weighted by molar-refractivity contribution is -0.158. The van der Waals surface area contributed by atoms with Gasteiger partial charge in [-0.05, 0) is 41.0 Å². The molecule has 0 spiro atoms. The van der Waals surface area contributed by atoms with E-state index in [1.165, 1.54) is 24.4 Å². The van der Waals surface area contributed by atoms with E-state index in [9.17, 15) is 14.7 Å². The van der Waals surface area contributed by atoms with Gasteiger partial charge in [-0.1, -0.05) is 48.5 Å². The van der Waals surface area contributed by atoms with Crippen LogP contribution in [0.4, 0.5) is 0 Å². The highest BCUT2D eigenvalue weighted by Gasteiger charge is 2.48. The molecule has 2 aliphatic rings. The SMILES string of the molecule is COc1cc(/C=N/N2CC(=O)N3C(c4ccccc4)c4[nH]c5ccccc5c4C[C@H]3C2=O)ccc1O. The normalized spacial score (nSPS) is 19.6. The minimum Gasteiger partial charge on any atom is -0.504 e. The zero-order valence-corrected chi connectivity index (χ0v) is 19.6. The molecule has 8 nitrogen and oxygen atoms in total. The predicted octanol–water partition coefficient (Wildman–Crippen LogP) is 3.60. The summed E-state index contributed by atoms with van der Waals surface area (Å²) in [6, 6.07) is 21.5. The Balaban J connectivity index is 1.40. The van der Waals surface area contributed by atoms with Gasteiger partial charge in [0.05, 0.1) is 19.4 Å². The average Bonchev–Trinajstić information content (AvgIpc) is 3.28. The van der Waals surface area contributed by atoms with Crippen molar-refractivity contribution in [1.82, 2.24) is 14.9 Å². The van der Waals surface area contributed by atoms with Crippen LogP contribution in [0.1, 0.15) is 28.4 Å². The molecule has 1 fully saturated rings. The summed E-state index contributed by atoms with van der Waals surface area (Å²) in [5, 5.41) is 16.5. The molecule has 3 aromatic carbocycles. The molecule has 3 heterocycles. The number of phenolic OH excluding ortho intramolecular Hbond substituents is 1. The molecular formula is C28H24N4O4. The van der Waals surface area contributed by atoms with Crippen LogP contribution in [-0.4, -0.2) is 57.7 Å². The molecular weight excluding hydrogens is 456 g/mol. The summed E-state index contributed by atoms with van der Waals surface area (Å²) in [6.07, 6.45) is 1.91. The number of H-pyrrole nitrogens is 1. The summed E-state index contributed by atoms with van der Waals surface area (Å²) in [6.45, 7) is -0.153. The molecule has 2 amide bonds. The van der Waals surface area contributed by atoms with Gasteiger partial charge >= 0.3 is 0 Å². The van der Waals surface area contributed by atoms with E-state index >= 15 is 0 Å². The first kappa shape index (κ1) is 21.9. The number of hydrazone groups is 1. The number of hydrogen-bond acceptors (Lipinski definition) is 5. The number of amides is 2. The van der Waals surface area contributed by atoms with Crippen LogP contribution in [0.5, 0.6) is 11.5 Å². The van der Waals surface area contributed by atoms with E-state index in [4.69, 9.17) is 4.74 Å². The second-order valence-electron chi connectivity index (χ2n) is 8.97. The molecule has 1 saturated heterocycles. The summed E-state index contributed by atoms with van der Waals surface area (Å²) in [4.78, 5) is 32.5. The molecule has 180 valence electrons. The Kier molecular flexibility index (Phi) is 5.21.